The van der Waals surface area contributed by atoms with Gasteiger partial charge in [-0.15, -0.1) is 11.3 Å². The highest BCUT2D eigenvalue weighted by atomic mass is 32.1. The summed E-state index contributed by atoms with van der Waals surface area (Å²) in [5.41, 5.74) is 0.884. The first-order valence-corrected chi connectivity index (χ1v) is 5.21. The van der Waals surface area contributed by atoms with Crippen molar-refractivity contribution in [1.29, 1.82) is 0 Å². The summed E-state index contributed by atoms with van der Waals surface area (Å²) in [6.07, 6.45) is 3.41. The van der Waals surface area contributed by atoms with E-state index in [1.54, 1.807) is 12.4 Å². The second kappa shape index (κ2) is 4.30. The Balaban J connectivity index is 2.06. The van der Waals surface area contributed by atoms with Crippen molar-refractivity contribution in [3.05, 3.63) is 46.7 Å². The van der Waals surface area contributed by atoms with Crippen LogP contribution in [0.3, 0.4) is 0 Å². The van der Waals surface area contributed by atoms with Gasteiger partial charge in [0.05, 0.1) is 0 Å². The van der Waals surface area contributed by atoms with E-state index in [-0.39, 0.29) is 0 Å². The van der Waals surface area contributed by atoms with Gasteiger partial charge in [-0.25, -0.2) is 4.98 Å². The molecule has 0 amide bonds. The van der Waals surface area contributed by atoms with Crippen LogP contribution < -0.4 is 0 Å². The van der Waals surface area contributed by atoms with E-state index in [0.29, 0.717) is 6.42 Å². The van der Waals surface area contributed by atoms with E-state index < -0.39 is 6.10 Å². The Labute approximate surface area is 86.1 Å². The van der Waals surface area contributed by atoms with Gasteiger partial charge in [-0.2, -0.15) is 0 Å². The van der Waals surface area contributed by atoms with Gasteiger partial charge in [0.1, 0.15) is 11.1 Å². The quantitative estimate of drug-likeness (QED) is 0.833. The van der Waals surface area contributed by atoms with Gasteiger partial charge in [0, 0.05) is 29.9 Å². The molecule has 1 atom stereocenters. The topological polar surface area (TPSA) is 46.0 Å². The minimum absolute atomic E-state index is 0.522. The van der Waals surface area contributed by atoms with Gasteiger partial charge < -0.3 is 5.11 Å². The third kappa shape index (κ3) is 2.16. The molecule has 2 aromatic rings. The van der Waals surface area contributed by atoms with Crippen molar-refractivity contribution in [2.24, 2.45) is 0 Å². The molecule has 0 fully saturated rings. The first-order valence-electron chi connectivity index (χ1n) is 4.33. The lowest BCUT2D eigenvalue weighted by molar-refractivity contribution is 0.177. The van der Waals surface area contributed by atoms with Crippen LogP contribution in [0.2, 0.25) is 0 Å². The summed E-state index contributed by atoms with van der Waals surface area (Å²) in [4.78, 5) is 8.20. The van der Waals surface area contributed by atoms with Crippen LogP contribution in [-0.2, 0) is 6.42 Å². The van der Waals surface area contributed by atoms with Gasteiger partial charge in [0.25, 0.3) is 0 Å². The van der Waals surface area contributed by atoms with Crippen molar-refractivity contribution in [3.63, 3.8) is 0 Å². The van der Waals surface area contributed by atoms with Crippen molar-refractivity contribution in [2.75, 3.05) is 0 Å². The molecule has 0 spiro atoms. The largest absolute Gasteiger partial charge is 0.386 e. The van der Waals surface area contributed by atoms with Gasteiger partial charge >= 0.3 is 0 Å². The molecule has 0 radical (unpaired) electrons. The SMILES string of the molecule is OC(Cc1ccccn1)c1nccs1. The lowest BCUT2D eigenvalue weighted by atomic mass is 10.2. The van der Waals surface area contributed by atoms with E-state index in [9.17, 15) is 5.11 Å². The van der Waals surface area contributed by atoms with Crippen molar-refractivity contribution in [3.8, 4) is 0 Å². The molecule has 1 unspecified atom stereocenters. The molecule has 2 rings (SSSR count). The number of thiazole rings is 1. The van der Waals surface area contributed by atoms with Crippen molar-refractivity contribution in [1.82, 2.24) is 9.97 Å². The van der Waals surface area contributed by atoms with Crippen LogP contribution in [0.4, 0.5) is 0 Å². The third-order valence-electron chi connectivity index (χ3n) is 1.87. The summed E-state index contributed by atoms with van der Waals surface area (Å²) in [5, 5.41) is 12.4. The van der Waals surface area contributed by atoms with Crippen molar-refractivity contribution >= 4 is 11.3 Å². The number of nitrogens with zero attached hydrogens (tertiary/aromatic N) is 2. The fraction of sp³-hybridized carbons (Fsp3) is 0.200. The molecule has 0 aliphatic heterocycles. The van der Waals surface area contributed by atoms with Gasteiger partial charge in [0.2, 0.25) is 0 Å². The zero-order valence-corrected chi connectivity index (χ0v) is 8.31. The molecule has 3 nitrogen and oxygen atoms in total. The Morgan fingerprint density at radius 2 is 2.21 bits per heavy atom. The normalized spacial score (nSPS) is 12.6. The molecule has 1 N–H and O–H groups in total. The molecular weight excluding hydrogens is 196 g/mol. The van der Waals surface area contributed by atoms with Gasteiger partial charge in [0.15, 0.2) is 0 Å². The Morgan fingerprint density at radius 3 is 2.86 bits per heavy atom. The van der Waals surface area contributed by atoms with E-state index in [2.05, 4.69) is 9.97 Å². The number of hydrogen-bond acceptors (Lipinski definition) is 4. The molecule has 4 heteroatoms. The van der Waals surface area contributed by atoms with Crippen LogP contribution in [0, 0.1) is 0 Å². The summed E-state index contributed by atoms with van der Waals surface area (Å²) in [7, 11) is 0. The number of aromatic nitrogens is 2. The van der Waals surface area contributed by atoms with Gasteiger partial charge in [-0.1, -0.05) is 6.07 Å². The molecule has 14 heavy (non-hydrogen) atoms. The maximum Gasteiger partial charge on any atom is 0.122 e. The van der Waals surface area contributed by atoms with Crippen LogP contribution in [0.1, 0.15) is 16.8 Å². The molecule has 2 heterocycles. The fourth-order valence-electron chi connectivity index (χ4n) is 1.20. The number of aliphatic hydroxyl groups is 1. The smallest absolute Gasteiger partial charge is 0.122 e. The molecule has 2 aromatic heterocycles. The van der Waals surface area contributed by atoms with Gasteiger partial charge in [-0.05, 0) is 12.1 Å². The average Bonchev–Trinajstić information content (AvgIpc) is 2.72. The lowest BCUT2D eigenvalue weighted by Gasteiger charge is -2.05. The summed E-state index contributed by atoms with van der Waals surface area (Å²) >= 11 is 1.46. The zero-order valence-electron chi connectivity index (χ0n) is 7.50. The summed E-state index contributed by atoms with van der Waals surface area (Å²) in [6, 6.07) is 5.67. The molecule has 72 valence electrons. The molecule has 0 aliphatic carbocycles. The first-order chi connectivity index (χ1) is 6.86. The van der Waals surface area contributed by atoms with Crippen LogP contribution in [0.15, 0.2) is 36.0 Å². The molecule has 0 aromatic carbocycles. The van der Waals surface area contributed by atoms with E-state index in [4.69, 9.17) is 0 Å². The van der Waals surface area contributed by atoms with Gasteiger partial charge in [-0.3, -0.25) is 4.98 Å². The highest BCUT2D eigenvalue weighted by molar-refractivity contribution is 7.09. The highest BCUT2D eigenvalue weighted by Gasteiger charge is 2.10. The molecular formula is C10H10N2OS. The third-order valence-corrected chi connectivity index (χ3v) is 2.74. The standard InChI is InChI=1S/C10H10N2OS/c13-9(10-12-5-6-14-10)7-8-3-1-2-4-11-8/h1-6,9,13H,7H2. The highest BCUT2D eigenvalue weighted by Crippen LogP contribution is 2.18. The van der Waals surface area contributed by atoms with Crippen molar-refractivity contribution in [2.45, 2.75) is 12.5 Å². The van der Waals surface area contributed by atoms with Crippen LogP contribution >= 0.6 is 11.3 Å². The molecule has 0 bridgehead atoms. The molecule has 0 saturated heterocycles. The monoisotopic (exact) mass is 206 g/mol. The fourth-order valence-corrected chi connectivity index (χ4v) is 1.83. The lowest BCUT2D eigenvalue weighted by Crippen LogP contribution is -2.02. The maximum atomic E-state index is 9.77. The summed E-state index contributed by atoms with van der Waals surface area (Å²) in [5.74, 6) is 0. The number of aliphatic hydroxyl groups excluding tert-OH is 1. The summed E-state index contributed by atoms with van der Waals surface area (Å²) in [6.45, 7) is 0. The maximum absolute atomic E-state index is 9.77. The second-order valence-electron chi connectivity index (χ2n) is 2.91. The van der Waals surface area contributed by atoms with E-state index in [1.807, 2.05) is 23.6 Å². The Bertz CT molecular complexity index is 374. The van der Waals surface area contributed by atoms with Crippen LogP contribution in [0.5, 0.6) is 0 Å². The zero-order chi connectivity index (χ0) is 9.80. The van der Waals surface area contributed by atoms with Crippen LogP contribution in [0.25, 0.3) is 0 Å². The predicted molar refractivity (Wildman–Crippen MR) is 55.0 cm³/mol. The molecule has 0 aliphatic rings. The number of rotatable bonds is 3. The Morgan fingerprint density at radius 1 is 1.29 bits per heavy atom. The Hall–Kier alpha value is -1.26. The van der Waals surface area contributed by atoms with E-state index >= 15 is 0 Å². The molecule has 0 saturated carbocycles. The summed E-state index contributed by atoms with van der Waals surface area (Å²) < 4.78 is 0. The number of hydrogen-bond donors (Lipinski definition) is 1. The number of pyridine rings is 1. The predicted octanol–water partition coefficient (Wildman–Crippen LogP) is 1.81. The second-order valence-corrected chi connectivity index (χ2v) is 3.84. The minimum atomic E-state index is -0.537. The minimum Gasteiger partial charge on any atom is -0.386 e. The average molecular weight is 206 g/mol. The van der Waals surface area contributed by atoms with Crippen LogP contribution in [-0.4, -0.2) is 15.1 Å². The van der Waals surface area contributed by atoms with E-state index in [1.165, 1.54) is 11.3 Å². The Kier molecular flexibility index (Phi) is 2.86. The van der Waals surface area contributed by atoms with Crippen molar-refractivity contribution < 1.29 is 5.11 Å². The van der Waals surface area contributed by atoms with E-state index in [0.717, 1.165) is 10.7 Å². The first kappa shape index (κ1) is 9.30.